The lowest BCUT2D eigenvalue weighted by Crippen LogP contribution is -2.09. The molecule has 1 amide bonds. The SMILES string of the molecule is COC(=O)c1sc(Nc2cc(C)c(NC(C)=O)c(C)c2)nc1Cl. The number of thiazole rings is 1. The molecule has 0 spiro atoms. The molecule has 0 saturated heterocycles. The highest BCUT2D eigenvalue weighted by Gasteiger charge is 2.17. The molecule has 8 heteroatoms. The van der Waals surface area contributed by atoms with Crippen LogP contribution in [0.5, 0.6) is 0 Å². The maximum atomic E-state index is 11.6. The normalized spacial score (nSPS) is 10.3. The molecule has 0 aliphatic rings. The Bertz CT molecular complexity index is 750. The Balaban J connectivity index is 2.27. The average Bonchev–Trinajstić information content (AvgIpc) is 2.82. The van der Waals surface area contributed by atoms with Gasteiger partial charge in [-0.1, -0.05) is 22.9 Å². The lowest BCUT2D eigenvalue weighted by Gasteiger charge is -2.13. The molecule has 2 aromatic rings. The molecular formula is C15H16ClN3O3S. The van der Waals surface area contributed by atoms with Gasteiger partial charge >= 0.3 is 5.97 Å². The van der Waals surface area contributed by atoms with Crippen LogP contribution in [-0.4, -0.2) is 24.0 Å². The summed E-state index contributed by atoms with van der Waals surface area (Å²) in [7, 11) is 1.29. The topological polar surface area (TPSA) is 80.3 Å². The van der Waals surface area contributed by atoms with E-state index in [4.69, 9.17) is 11.6 Å². The smallest absolute Gasteiger partial charge is 0.351 e. The van der Waals surface area contributed by atoms with Crippen LogP contribution in [-0.2, 0) is 9.53 Å². The van der Waals surface area contributed by atoms with Crippen LogP contribution in [0.1, 0.15) is 27.7 Å². The molecule has 0 fully saturated rings. The molecule has 0 aliphatic carbocycles. The lowest BCUT2D eigenvalue weighted by molar-refractivity contribution is -0.114. The molecule has 0 unspecified atom stereocenters. The largest absolute Gasteiger partial charge is 0.465 e. The van der Waals surface area contributed by atoms with E-state index < -0.39 is 5.97 Å². The third-order valence-corrected chi connectivity index (χ3v) is 4.38. The Morgan fingerprint density at radius 2 is 1.87 bits per heavy atom. The molecule has 1 aromatic heterocycles. The first-order valence-corrected chi connectivity index (χ1v) is 7.91. The predicted molar refractivity (Wildman–Crippen MR) is 92.0 cm³/mol. The molecule has 0 aliphatic heterocycles. The van der Waals surface area contributed by atoms with Crippen molar-refractivity contribution in [1.82, 2.24) is 4.98 Å². The molecule has 2 N–H and O–H groups in total. The first-order valence-electron chi connectivity index (χ1n) is 6.72. The number of aromatic nitrogens is 1. The summed E-state index contributed by atoms with van der Waals surface area (Å²) >= 11 is 7.06. The van der Waals surface area contributed by atoms with Gasteiger partial charge in [0.25, 0.3) is 0 Å². The highest BCUT2D eigenvalue weighted by Crippen LogP contribution is 2.32. The van der Waals surface area contributed by atoms with Crippen molar-refractivity contribution in [2.75, 3.05) is 17.7 Å². The Morgan fingerprint density at radius 3 is 2.39 bits per heavy atom. The number of rotatable bonds is 4. The fraction of sp³-hybridized carbons (Fsp3) is 0.267. The highest BCUT2D eigenvalue weighted by atomic mass is 35.5. The van der Waals surface area contributed by atoms with Gasteiger partial charge in [0.2, 0.25) is 5.91 Å². The summed E-state index contributed by atoms with van der Waals surface area (Å²) < 4.78 is 4.65. The average molecular weight is 354 g/mol. The van der Waals surface area contributed by atoms with E-state index in [9.17, 15) is 9.59 Å². The maximum absolute atomic E-state index is 11.6. The number of anilines is 3. The number of nitrogens with one attached hydrogen (secondary N) is 2. The quantitative estimate of drug-likeness (QED) is 0.815. The number of carbonyl (C=O) groups excluding carboxylic acids is 2. The number of hydrogen-bond donors (Lipinski definition) is 2. The minimum atomic E-state index is -0.520. The fourth-order valence-corrected chi connectivity index (χ4v) is 3.23. The van der Waals surface area contributed by atoms with Gasteiger partial charge in [-0.15, -0.1) is 0 Å². The fourth-order valence-electron chi connectivity index (χ4n) is 2.11. The first-order chi connectivity index (χ1) is 10.8. The molecule has 0 bridgehead atoms. The summed E-state index contributed by atoms with van der Waals surface area (Å²) in [6.07, 6.45) is 0. The number of ether oxygens (including phenoxy) is 1. The van der Waals surface area contributed by atoms with Crippen LogP contribution in [0, 0.1) is 13.8 Å². The summed E-state index contributed by atoms with van der Waals surface area (Å²) in [5.41, 5.74) is 3.41. The molecule has 1 aromatic carbocycles. The molecule has 1 heterocycles. The molecule has 0 saturated carbocycles. The van der Waals surface area contributed by atoms with Crippen molar-refractivity contribution in [2.24, 2.45) is 0 Å². The van der Waals surface area contributed by atoms with Gasteiger partial charge in [-0.2, -0.15) is 0 Å². The van der Waals surface area contributed by atoms with E-state index in [0.717, 1.165) is 33.8 Å². The van der Waals surface area contributed by atoms with Crippen LogP contribution in [0.25, 0.3) is 0 Å². The van der Waals surface area contributed by atoms with E-state index in [0.29, 0.717) is 5.13 Å². The van der Waals surface area contributed by atoms with Crippen molar-refractivity contribution >= 4 is 51.3 Å². The molecule has 6 nitrogen and oxygen atoms in total. The summed E-state index contributed by atoms with van der Waals surface area (Å²) in [6, 6.07) is 3.76. The van der Waals surface area contributed by atoms with Gasteiger partial charge in [0.05, 0.1) is 7.11 Å². The number of halogens is 1. The monoisotopic (exact) mass is 353 g/mol. The van der Waals surface area contributed by atoms with Gasteiger partial charge < -0.3 is 15.4 Å². The second-order valence-electron chi connectivity index (χ2n) is 4.92. The van der Waals surface area contributed by atoms with Crippen LogP contribution in [0.3, 0.4) is 0 Å². The van der Waals surface area contributed by atoms with Gasteiger partial charge in [-0.05, 0) is 37.1 Å². The van der Waals surface area contributed by atoms with E-state index in [1.165, 1.54) is 14.0 Å². The first kappa shape index (κ1) is 17.2. The third-order valence-electron chi connectivity index (χ3n) is 3.04. The van der Waals surface area contributed by atoms with Crippen molar-refractivity contribution in [3.05, 3.63) is 33.3 Å². The zero-order chi connectivity index (χ0) is 17.1. The van der Waals surface area contributed by atoms with E-state index in [1.807, 2.05) is 26.0 Å². The van der Waals surface area contributed by atoms with Crippen molar-refractivity contribution in [3.63, 3.8) is 0 Å². The molecule has 0 atom stereocenters. The summed E-state index contributed by atoms with van der Waals surface area (Å²) in [5, 5.41) is 6.51. The number of carbonyl (C=O) groups is 2. The number of aryl methyl sites for hydroxylation is 2. The third kappa shape index (κ3) is 4.00. The highest BCUT2D eigenvalue weighted by molar-refractivity contribution is 7.18. The van der Waals surface area contributed by atoms with Gasteiger partial charge in [-0.25, -0.2) is 9.78 Å². The van der Waals surface area contributed by atoms with Gasteiger partial charge in [0.15, 0.2) is 15.2 Å². The summed E-state index contributed by atoms with van der Waals surface area (Å²) in [6.45, 7) is 5.27. The van der Waals surface area contributed by atoms with Crippen molar-refractivity contribution in [3.8, 4) is 0 Å². The molecule has 23 heavy (non-hydrogen) atoms. The van der Waals surface area contributed by atoms with Crippen molar-refractivity contribution < 1.29 is 14.3 Å². The second-order valence-corrected chi connectivity index (χ2v) is 6.28. The number of nitrogens with zero attached hydrogens (tertiary/aromatic N) is 1. The van der Waals surface area contributed by atoms with E-state index in [1.54, 1.807) is 0 Å². The minimum Gasteiger partial charge on any atom is -0.465 e. The van der Waals surface area contributed by atoms with E-state index in [2.05, 4.69) is 20.4 Å². The summed E-state index contributed by atoms with van der Waals surface area (Å²) in [5.74, 6) is -0.639. The standard InChI is InChI=1S/C15H16ClN3O3S/c1-7-5-10(6-8(2)11(7)17-9(3)20)18-15-19-13(16)12(23-15)14(21)22-4/h5-6H,1-4H3,(H,17,20)(H,18,19). The van der Waals surface area contributed by atoms with Gasteiger partial charge in [-0.3, -0.25) is 4.79 Å². The zero-order valence-electron chi connectivity index (χ0n) is 13.1. The Morgan fingerprint density at radius 1 is 1.26 bits per heavy atom. The molecule has 0 radical (unpaired) electrons. The van der Waals surface area contributed by atoms with Crippen LogP contribution >= 0.6 is 22.9 Å². The van der Waals surface area contributed by atoms with Crippen molar-refractivity contribution in [2.45, 2.75) is 20.8 Å². The van der Waals surface area contributed by atoms with Gasteiger partial charge in [0.1, 0.15) is 0 Å². The molecule has 122 valence electrons. The van der Waals surface area contributed by atoms with Crippen LogP contribution in [0.2, 0.25) is 5.15 Å². The number of esters is 1. The number of benzene rings is 1. The van der Waals surface area contributed by atoms with Crippen LogP contribution in [0.4, 0.5) is 16.5 Å². The summed E-state index contributed by atoms with van der Waals surface area (Å²) in [4.78, 5) is 27.1. The molecular weight excluding hydrogens is 338 g/mol. The predicted octanol–water partition coefficient (Wildman–Crippen LogP) is 3.90. The minimum absolute atomic E-state index is 0.104. The number of methoxy groups -OCH3 is 1. The Hall–Kier alpha value is -2.12. The van der Waals surface area contributed by atoms with E-state index in [-0.39, 0.29) is 15.9 Å². The lowest BCUT2D eigenvalue weighted by atomic mass is 10.1. The van der Waals surface area contributed by atoms with Crippen LogP contribution in [0.15, 0.2) is 12.1 Å². The van der Waals surface area contributed by atoms with Crippen LogP contribution < -0.4 is 10.6 Å². The second kappa shape index (κ2) is 6.97. The maximum Gasteiger partial charge on any atom is 0.351 e. The Labute approximate surface area is 142 Å². The Kier molecular flexibility index (Phi) is 5.23. The number of hydrogen-bond acceptors (Lipinski definition) is 6. The van der Waals surface area contributed by atoms with Crippen molar-refractivity contribution in [1.29, 1.82) is 0 Å². The number of amides is 1. The molecule has 2 rings (SSSR count). The van der Waals surface area contributed by atoms with Gasteiger partial charge in [0, 0.05) is 18.3 Å². The zero-order valence-corrected chi connectivity index (χ0v) is 14.7. The van der Waals surface area contributed by atoms with E-state index >= 15 is 0 Å².